The molecule has 1 aliphatic heterocycles. The molecular weight excluding hydrogens is 354 g/mol. The summed E-state index contributed by atoms with van der Waals surface area (Å²) in [5.74, 6) is -0.150. The number of nitrogens with zero attached hydrogens (tertiary/aromatic N) is 3. The van der Waals surface area contributed by atoms with Gasteiger partial charge in [-0.3, -0.25) is 9.69 Å². The summed E-state index contributed by atoms with van der Waals surface area (Å²) >= 11 is 1.59. The topological polar surface area (TPSA) is 101 Å². The summed E-state index contributed by atoms with van der Waals surface area (Å²) in [6.07, 6.45) is 0.489. The third-order valence-corrected chi connectivity index (χ3v) is 5.48. The van der Waals surface area contributed by atoms with Crippen molar-refractivity contribution in [2.45, 2.75) is 38.8 Å². The first-order chi connectivity index (χ1) is 12.4. The van der Waals surface area contributed by atoms with E-state index in [4.69, 9.17) is 10.5 Å². The molecule has 2 heterocycles. The number of ether oxygens (including phenoxy) is 1. The number of thiazole rings is 1. The Balaban J connectivity index is 1.83. The summed E-state index contributed by atoms with van der Waals surface area (Å²) < 4.78 is 5.31. The number of primary amides is 1. The van der Waals surface area contributed by atoms with Gasteiger partial charge in [-0.15, -0.1) is 11.3 Å². The molecule has 2 rings (SSSR count). The third kappa shape index (κ3) is 6.22. The van der Waals surface area contributed by atoms with E-state index in [1.807, 2.05) is 5.38 Å². The SMILES string of the molecule is CC(C)c1nc(CN(C)C(=O)N[C@@H](CCN2CCOCC2)C(N)=O)cs1. The van der Waals surface area contributed by atoms with Crippen LogP contribution in [0.25, 0.3) is 0 Å². The number of amides is 3. The molecule has 0 bridgehead atoms. The van der Waals surface area contributed by atoms with Gasteiger partial charge in [0.15, 0.2) is 0 Å². The fraction of sp³-hybridized carbons (Fsp3) is 0.706. The number of hydrogen-bond acceptors (Lipinski definition) is 6. The van der Waals surface area contributed by atoms with Gasteiger partial charge >= 0.3 is 6.03 Å². The Morgan fingerprint density at radius 2 is 2.12 bits per heavy atom. The van der Waals surface area contributed by atoms with Crippen molar-refractivity contribution in [2.24, 2.45) is 5.73 Å². The summed E-state index contributed by atoms with van der Waals surface area (Å²) in [7, 11) is 1.68. The van der Waals surface area contributed by atoms with Crippen LogP contribution in [0.1, 0.15) is 36.9 Å². The Morgan fingerprint density at radius 3 is 2.69 bits per heavy atom. The van der Waals surface area contributed by atoms with E-state index >= 15 is 0 Å². The fourth-order valence-electron chi connectivity index (χ4n) is 2.66. The highest BCUT2D eigenvalue weighted by atomic mass is 32.1. The van der Waals surface area contributed by atoms with E-state index < -0.39 is 11.9 Å². The lowest BCUT2D eigenvalue weighted by Gasteiger charge is -2.28. The zero-order chi connectivity index (χ0) is 19.1. The molecule has 1 aliphatic rings. The van der Waals surface area contributed by atoms with Crippen LogP contribution < -0.4 is 11.1 Å². The minimum atomic E-state index is -0.686. The Kier molecular flexibility index (Phi) is 7.80. The molecule has 9 heteroatoms. The zero-order valence-electron chi connectivity index (χ0n) is 15.7. The number of aromatic nitrogens is 1. The molecule has 1 atom stereocenters. The molecule has 26 heavy (non-hydrogen) atoms. The number of urea groups is 1. The van der Waals surface area contributed by atoms with Crippen LogP contribution in [0.15, 0.2) is 5.38 Å². The van der Waals surface area contributed by atoms with Crippen LogP contribution in [-0.4, -0.2) is 72.7 Å². The van der Waals surface area contributed by atoms with Gasteiger partial charge < -0.3 is 20.7 Å². The molecule has 1 fully saturated rings. The van der Waals surface area contributed by atoms with Crippen molar-refractivity contribution in [1.82, 2.24) is 20.1 Å². The minimum absolute atomic E-state index is 0.324. The Bertz CT molecular complexity index is 601. The molecule has 8 nitrogen and oxygen atoms in total. The summed E-state index contributed by atoms with van der Waals surface area (Å²) in [5.41, 5.74) is 6.31. The van der Waals surface area contributed by atoms with Crippen molar-refractivity contribution in [3.63, 3.8) is 0 Å². The zero-order valence-corrected chi connectivity index (χ0v) is 16.6. The summed E-state index contributed by atoms with van der Waals surface area (Å²) in [4.78, 5) is 32.4. The van der Waals surface area contributed by atoms with Crippen LogP contribution in [0.5, 0.6) is 0 Å². The number of nitrogens with one attached hydrogen (secondary N) is 1. The van der Waals surface area contributed by atoms with Crippen molar-refractivity contribution < 1.29 is 14.3 Å². The van der Waals surface area contributed by atoms with E-state index in [2.05, 4.69) is 29.0 Å². The van der Waals surface area contributed by atoms with Gasteiger partial charge in [0, 0.05) is 38.0 Å². The molecule has 1 saturated heterocycles. The first kappa shape index (κ1) is 20.6. The maximum Gasteiger partial charge on any atom is 0.318 e. The number of hydrogen-bond donors (Lipinski definition) is 2. The van der Waals surface area contributed by atoms with Gasteiger partial charge in [0.25, 0.3) is 0 Å². The highest BCUT2D eigenvalue weighted by molar-refractivity contribution is 7.09. The molecule has 1 aromatic heterocycles. The van der Waals surface area contributed by atoms with E-state index in [1.165, 1.54) is 4.90 Å². The van der Waals surface area contributed by atoms with Crippen molar-refractivity contribution in [2.75, 3.05) is 39.9 Å². The Labute approximate surface area is 158 Å². The van der Waals surface area contributed by atoms with Gasteiger partial charge in [0.1, 0.15) is 6.04 Å². The maximum absolute atomic E-state index is 12.4. The second-order valence-electron chi connectivity index (χ2n) is 6.83. The molecule has 0 unspecified atom stereocenters. The molecule has 146 valence electrons. The molecule has 3 amide bonds. The first-order valence-corrected chi connectivity index (χ1v) is 9.80. The number of morpholine rings is 1. The molecule has 1 aromatic rings. The average Bonchev–Trinajstić information content (AvgIpc) is 3.07. The first-order valence-electron chi connectivity index (χ1n) is 8.92. The van der Waals surface area contributed by atoms with Gasteiger partial charge in [-0.25, -0.2) is 9.78 Å². The smallest absolute Gasteiger partial charge is 0.318 e. The van der Waals surface area contributed by atoms with Crippen molar-refractivity contribution >= 4 is 23.3 Å². The second kappa shape index (κ2) is 9.84. The van der Waals surface area contributed by atoms with E-state index in [9.17, 15) is 9.59 Å². The van der Waals surface area contributed by atoms with Gasteiger partial charge in [-0.05, 0) is 6.42 Å². The highest BCUT2D eigenvalue weighted by Crippen LogP contribution is 2.19. The normalized spacial score (nSPS) is 16.5. The molecule has 0 aromatic carbocycles. The van der Waals surface area contributed by atoms with Crippen LogP contribution >= 0.6 is 11.3 Å². The molecular formula is C17H29N5O3S. The predicted molar refractivity (Wildman–Crippen MR) is 101 cm³/mol. The quantitative estimate of drug-likeness (QED) is 0.697. The number of nitrogens with two attached hydrogens (primary N) is 1. The monoisotopic (exact) mass is 383 g/mol. The van der Waals surface area contributed by atoms with Crippen LogP contribution in [-0.2, 0) is 16.1 Å². The van der Waals surface area contributed by atoms with E-state index in [1.54, 1.807) is 18.4 Å². The summed E-state index contributed by atoms with van der Waals surface area (Å²) in [6.45, 7) is 8.33. The average molecular weight is 384 g/mol. The van der Waals surface area contributed by atoms with E-state index in [0.29, 0.717) is 38.6 Å². The van der Waals surface area contributed by atoms with Gasteiger partial charge in [-0.2, -0.15) is 0 Å². The molecule has 0 spiro atoms. The lowest BCUT2D eigenvalue weighted by molar-refractivity contribution is -0.120. The lowest BCUT2D eigenvalue weighted by atomic mass is 10.2. The van der Waals surface area contributed by atoms with Crippen LogP contribution in [0, 0.1) is 0 Å². The fourth-order valence-corrected chi connectivity index (χ4v) is 3.48. The van der Waals surface area contributed by atoms with Gasteiger partial charge in [0.2, 0.25) is 5.91 Å². The number of carbonyl (C=O) groups excluding carboxylic acids is 2. The molecule has 0 radical (unpaired) electrons. The van der Waals surface area contributed by atoms with Gasteiger partial charge in [-0.1, -0.05) is 13.8 Å². The Hall–Kier alpha value is -1.71. The number of carbonyl (C=O) groups is 2. The highest BCUT2D eigenvalue weighted by Gasteiger charge is 2.22. The van der Waals surface area contributed by atoms with E-state index in [-0.39, 0.29) is 6.03 Å². The van der Waals surface area contributed by atoms with Crippen molar-refractivity contribution in [3.05, 3.63) is 16.1 Å². The Morgan fingerprint density at radius 1 is 1.42 bits per heavy atom. The maximum atomic E-state index is 12.4. The minimum Gasteiger partial charge on any atom is -0.379 e. The largest absolute Gasteiger partial charge is 0.379 e. The lowest BCUT2D eigenvalue weighted by Crippen LogP contribution is -2.50. The molecule has 0 aliphatic carbocycles. The summed E-state index contributed by atoms with van der Waals surface area (Å²) in [5, 5.41) is 5.75. The van der Waals surface area contributed by atoms with Crippen molar-refractivity contribution in [1.29, 1.82) is 0 Å². The third-order valence-electron chi connectivity index (χ3n) is 4.29. The van der Waals surface area contributed by atoms with Crippen LogP contribution in [0.3, 0.4) is 0 Å². The standard InChI is InChI=1S/C17H29N5O3S/c1-12(2)16-19-13(11-26-16)10-21(3)17(24)20-14(15(18)23)4-5-22-6-8-25-9-7-22/h11-12,14H,4-10H2,1-3H3,(H2,18,23)(H,20,24)/t14-/m0/s1. The van der Waals surface area contributed by atoms with Crippen LogP contribution in [0.2, 0.25) is 0 Å². The molecule has 3 N–H and O–H groups in total. The molecule has 0 saturated carbocycles. The van der Waals surface area contributed by atoms with E-state index in [0.717, 1.165) is 23.8 Å². The second-order valence-corrected chi connectivity index (χ2v) is 7.72. The van der Waals surface area contributed by atoms with Crippen molar-refractivity contribution in [3.8, 4) is 0 Å². The van der Waals surface area contributed by atoms with Gasteiger partial charge in [0.05, 0.1) is 30.5 Å². The summed E-state index contributed by atoms with van der Waals surface area (Å²) in [6, 6.07) is -1.01. The van der Waals surface area contributed by atoms with Crippen LogP contribution in [0.4, 0.5) is 4.79 Å². The number of rotatable bonds is 8. The predicted octanol–water partition coefficient (Wildman–Crippen LogP) is 0.984.